The first-order valence-electron chi connectivity index (χ1n) is 6.30. The van der Waals surface area contributed by atoms with Crippen molar-refractivity contribution in [3.8, 4) is 17.3 Å². The highest BCUT2D eigenvalue weighted by Crippen LogP contribution is 2.23. The smallest absolute Gasteiger partial charge is 0.340 e. The number of benzene rings is 1. The van der Waals surface area contributed by atoms with Crippen LogP contribution in [0.15, 0.2) is 36.5 Å². The van der Waals surface area contributed by atoms with Crippen molar-refractivity contribution in [1.29, 1.82) is 5.26 Å². The molecule has 2 rings (SSSR count). The van der Waals surface area contributed by atoms with E-state index in [-0.39, 0.29) is 6.61 Å². The lowest BCUT2D eigenvalue weighted by Gasteiger charge is -2.09. The number of hydrogen-bond acceptors (Lipinski definition) is 4. The summed E-state index contributed by atoms with van der Waals surface area (Å²) in [5.41, 5.74) is 3.09. The standard InChI is InChI=1S/C16H14N2O2/c1-3-20-16(19)14-8-12(9-17)10-18-15(14)13-6-4-5-11(2)7-13/h4-8,10H,3H2,1-2H3. The molecule has 100 valence electrons. The highest BCUT2D eigenvalue weighted by Gasteiger charge is 2.16. The molecule has 0 saturated carbocycles. The number of esters is 1. The summed E-state index contributed by atoms with van der Waals surface area (Å²) in [7, 11) is 0. The highest BCUT2D eigenvalue weighted by molar-refractivity contribution is 5.96. The van der Waals surface area contributed by atoms with Crippen molar-refractivity contribution in [3.05, 3.63) is 53.2 Å². The summed E-state index contributed by atoms with van der Waals surface area (Å²) in [6.45, 7) is 3.99. The number of carbonyl (C=O) groups is 1. The van der Waals surface area contributed by atoms with Crippen LogP contribution < -0.4 is 0 Å². The lowest BCUT2D eigenvalue weighted by atomic mass is 10.0. The maximum absolute atomic E-state index is 12.0. The summed E-state index contributed by atoms with van der Waals surface area (Å²) in [5, 5.41) is 8.94. The van der Waals surface area contributed by atoms with Crippen molar-refractivity contribution in [2.75, 3.05) is 6.61 Å². The largest absolute Gasteiger partial charge is 0.462 e. The molecular formula is C16H14N2O2. The molecule has 0 radical (unpaired) electrons. The van der Waals surface area contributed by atoms with Gasteiger partial charge in [0.2, 0.25) is 0 Å². The third-order valence-corrected chi connectivity index (χ3v) is 2.80. The Morgan fingerprint density at radius 3 is 2.85 bits per heavy atom. The van der Waals surface area contributed by atoms with E-state index in [4.69, 9.17) is 10.00 Å². The molecule has 0 atom stereocenters. The van der Waals surface area contributed by atoms with Crippen molar-refractivity contribution in [2.24, 2.45) is 0 Å². The summed E-state index contributed by atoms with van der Waals surface area (Å²) < 4.78 is 5.03. The average molecular weight is 266 g/mol. The lowest BCUT2D eigenvalue weighted by molar-refractivity contribution is 0.0527. The fourth-order valence-corrected chi connectivity index (χ4v) is 1.91. The normalized spacial score (nSPS) is 9.85. The van der Waals surface area contributed by atoms with Gasteiger partial charge in [0.15, 0.2) is 0 Å². The Hall–Kier alpha value is -2.67. The summed E-state index contributed by atoms with van der Waals surface area (Å²) in [6, 6.07) is 11.2. The van der Waals surface area contributed by atoms with Crippen LogP contribution in [0.4, 0.5) is 0 Å². The van der Waals surface area contributed by atoms with Crippen LogP contribution in [0.3, 0.4) is 0 Å². The average Bonchev–Trinajstić information content (AvgIpc) is 2.47. The van der Waals surface area contributed by atoms with E-state index in [0.29, 0.717) is 16.8 Å². The van der Waals surface area contributed by atoms with Crippen LogP contribution in [0.1, 0.15) is 28.4 Å². The molecule has 0 unspecified atom stereocenters. The van der Waals surface area contributed by atoms with E-state index in [1.54, 1.807) is 6.92 Å². The Morgan fingerprint density at radius 2 is 2.20 bits per heavy atom. The SMILES string of the molecule is CCOC(=O)c1cc(C#N)cnc1-c1cccc(C)c1. The molecule has 2 aromatic rings. The van der Waals surface area contributed by atoms with Crippen LogP contribution in [-0.4, -0.2) is 17.6 Å². The predicted molar refractivity (Wildman–Crippen MR) is 75.1 cm³/mol. The molecule has 0 aliphatic heterocycles. The highest BCUT2D eigenvalue weighted by atomic mass is 16.5. The minimum Gasteiger partial charge on any atom is -0.462 e. The van der Waals surface area contributed by atoms with E-state index < -0.39 is 5.97 Å². The molecule has 20 heavy (non-hydrogen) atoms. The third-order valence-electron chi connectivity index (χ3n) is 2.80. The van der Waals surface area contributed by atoms with Crippen LogP contribution >= 0.6 is 0 Å². The number of aromatic nitrogens is 1. The minimum atomic E-state index is -0.464. The molecule has 0 amide bonds. The number of carbonyl (C=O) groups excluding carboxylic acids is 1. The van der Waals surface area contributed by atoms with Gasteiger partial charge in [-0.3, -0.25) is 4.98 Å². The van der Waals surface area contributed by atoms with E-state index in [9.17, 15) is 4.79 Å². The summed E-state index contributed by atoms with van der Waals surface area (Å²) in [5.74, 6) is -0.464. The van der Waals surface area contributed by atoms with Gasteiger partial charge in [-0.15, -0.1) is 0 Å². The van der Waals surface area contributed by atoms with E-state index in [1.807, 2.05) is 37.3 Å². The number of pyridine rings is 1. The monoisotopic (exact) mass is 266 g/mol. The lowest BCUT2D eigenvalue weighted by Crippen LogP contribution is -2.08. The summed E-state index contributed by atoms with van der Waals surface area (Å²) in [4.78, 5) is 16.3. The second kappa shape index (κ2) is 5.98. The van der Waals surface area contributed by atoms with Crippen LogP contribution in [-0.2, 0) is 4.74 Å². The van der Waals surface area contributed by atoms with Crippen LogP contribution in [0.5, 0.6) is 0 Å². The molecule has 4 heteroatoms. The zero-order chi connectivity index (χ0) is 14.5. The number of ether oxygens (including phenoxy) is 1. The molecule has 0 aliphatic carbocycles. The molecule has 1 heterocycles. The van der Waals surface area contributed by atoms with Gasteiger partial charge in [0.25, 0.3) is 0 Å². The number of aryl methyl sites for hydroxylation is 1. The Bertz CT molecular complexity index is 687. The third kappa shape index (κ3) is 2.83. The van der Waals surface area contributed by atoms with Gasteiger partial charge < -0.3 is 4.74 Å². The van der Waals surface area contributed by atoms with Crippen molar-refractivity contribution in [2.45, 2.75) is 13.8 Å². The topological polar surface area (TPSA) is 63.0 Å². The predicted octanol–water partition coefficient (Wildman–Crippen LogP) is 3.11. The second-order valence-corrected chi connectivity index (χ2v) is 4.32. The fraction of sp³-hybridized carbons (Fsp3) is 0.188. The first-order chi connectivity index (χ1) is 9.65. The molecule has 0 bridgehead atoms. The van der Waals surface area contributed by atoms with Gasteiger partial charge in [-0.05, 0) is 26.0 Å². The van der Waals surface area contributed by atoms with Gasteiger partial charge in [0.05, 0.1) is 23.4 Å². The van der Waals surface area contributed by atoms with Gasteiger partial charge in [-0.2, -0.15) is 5.26 Å². The molecule has 0 N–H and O–H groups in total. The van der Waals surface area contributed by atoms with Crippen LogP contribution in [0.2, 0.25) is 0 Å². The molecule has 1 aromatic carbocycles. The number of hydrogen-bond donors (Lipinski definition) is 0. The maximum Gasteiger partial charge on any atom is 0.340 e. The Morgan fingerprint density at radius 1 is 1.40 bits per heavy atom. The van der Waals surface area contributed by atoms with Gasteiger partial charge in [-0.25, -0.2) is 4.79 Å². The van der Waals surface area contributed by atoms with Crippen LogP contribution in [0.25, 0.3) is 11.3 Å². The Balaban J connectivity index is 2.58. The van der Waals surface area contributed by atoms with Crippen molar-refractivity contribution in [3.63, 3.8) is 0 Å². The number of rotatable bonds is 3. The molecule has 4 nitrogen and oxygen atoms in total. The van der Waals surface area contributed by atoms with E-state index in [1.165, 1.54) is 12.3 Å². The molecule has 0 saturated heterocycles. The van der Waals surface area contributed by atoms with Crippen molar-refractivity contribution < 1.29 is 9.53 Å². The van der Waals surface area contributed by atoms with Gasteiger partial charge in [0.1, 0.15) is 6.07 Å². The Labute approximate surface area is 117 Å². The maximum atomic E-state index is 12.0. The van der Waals surface area contributed by atoms with E-state index in [0.717, 1.165) is 11.1 Å². The number of nitriles is 1. The van der Waals surface area contributed by atoms with Crippen molar-refractivity contribution in [1.82, 2.24) is 4.98 Å². The van der Waals surface area contributed by atoms with Gasteiger partial charge in [0, 0.05) is 11.8 Å². The minimum absolute atomic E-state index is 0.281. The molecule has 1 aromatic heterocycles. The molecule has 0 spiro atoms. The Kier molecular flexibility index (Phi) is 4.11. The first-order valence-corrected chi connectivity index (χ1v) is 6.30. The van der Waals surface area contributed by atoms with Crippen molar-refractivity contribution >= 4 is 5.97 Å². The second-order valence-electron chi connectivity index (χ2n) is 4.32. The van der Waals surface area contributed by atoms with Gasteiger partial charge >= 0.3 is 5.97 Å². The fourth-order valence-electron chi connectivity index (χ4n) is 1.91. The van der Waals surface area contributed by atoms with E-state index >= 15 is 0 Å². The van der Waals surface area contributed by atoms with Crippen LogP contribution in [0, 0.1) is 18.3 Å². The summed E-state index contributed by atoms with van der Waals surface area (Å²) in [6.07, 6.45) is 1.46. The zero-order valence-corrected chi connectivity index (χ0v) is 11.4. The van der Waals surface area contributed by atoms with Gasteiger partial charge in [-0.1, -0.05) is 23.8 Å². The molecule has 0 fully saturated rings. The molecule has 0 aliphatic rings. The first kappa shape index (κ1) is 13.8. The quantitative estimate of drug-likeness (QED) is 0.801. The number of nitrogens with zero attached hydrogens (tertiary/aromatic N) is 2. The zero-order valence-electron chi connectivity index (χ0n) is 11.4. The molecular weight excluding hydrogens is 252 g/mol. The van der Waals surface area contributed by atoms with E-state index in [2.05, 4.69) is 4.98 Å². The summed E-state index contributed by atoms with van der Waals surface area (Å²) >= 11 is 0.